The third kappa shape index (κ3) is 2.68. The lowest BCUT2D eigenvalue weighted by Gasteiger charge is -1.98. The number of nitrogens with two attached hydrogens (primary N) is 1. The van der Waals surface area contributed by atoms with Gasteiger partial charge < -0.3 is 10.5 Å². The highest BCUT2D eigenvalue weighted by molar-refractivity contribution is 6.30. The van der Waals surface area contributed by atoms with Crippen LogP contribution >= 0.6 is 11.6 Å². The van der Waals surface area contributed by atoms with E-state index in [0.717, 1.165) is 6.07 Å². The average molecular weight is 240 g/mol. The lowest BCUT2D eigenvalue weighted by Crippen LogP contribution is -2.00. The van der Waals surface area contributed by atoms with E-state index in [9.17, 15) is 14.9 Å². The summed E-state index contributed by atoms with van der Waals surface area (Å²) in [5.74, 6) is 4.70. The van der Waals surface area contributed by atoms with Gasteiger partial charge in [0.2, 0.25) is 5.82 Å². The van der Waals surface area contributed by atoms with Crippen LogP contribution in [-0.2, 0) is 4.79 Å². The van der Waals surface area contributed by atoms with Crippen LogP contribution in [0.2, 0.25) is 5.15 Å². The van der Waals surface area contributed by atoms with Gasteiger partial charge in [0, 0.05) is 6.07 Å². The van der Waals surface area contributed by atoms with Crippen LogP contribution in [0.15, 0.2) is 6.07 Å². The van der Waals surface area contributed by atoms with Gasteiger partial charge in [0.25, 0.3) is 0 Å². The monoisotopic (exact) mass is 239 g/mol. The molecule has 7 heteroatoms. The van der Waals surface area contributed by atoms with E-state index in [-0.39, 0.29) is 28.6 Å². The quantitative estimate of drug-likeness (QED) is 0.275. The molecule has 1 heterocycles. The summed E-state index contributed by atoms with van der Waals surface area (Å²) in [6, 6.07) is 1.13. The molecule has 0 bridgehead atoms. The van der Waals surface area contributed by atoms with Crippen LogP contribution in [0.5, 0.6) is 0 Å². The highest BCUT2D eigenvalue weighted by Gasteiger charge is 2.15. The Kier molecular flexibility index (Phi) is 3.80. The third-order valence-corrected chi connectivity index (χ3v) is 1.88. The zero-order valence-corrected chi connectivity index (χ0v) is 8.69. The lowest BCUT2D eigenvalue weighted by molar-refractivity contribution is -0.384. The van der Waals surface area contributed by atoms with Crippen molar-refractivity contribution >= 4 is 29.4 Å². The number of nitrogens with zero attached hydrogens (tertiary/aromatic N) is 2. The first-order chi connectivity index (χ1) is 7.56. The average Bonchev–Trinajstić information content (AvgIpc) is 2.21. The van der Waals surface area contributed by atoms with E-state index in [0.29, 0.717) is 6.29 Å². The highest BCUT2D eigenvalue weighted by atomic mass is 35.5. The smallest absolute Gasteiger partial charge is 0.312 e. The predicted molar refractivity (Wildman–Crippen MR) is 57.9 cm³/mol. The molecule has 0 aliphatic heterocycles. The molecule has 2 N–H and O–H groups in total. The van der Waals surface area contributed by atoms with Crippen molar-refractivity contribution in [1.82, 2.24) is 4.98 Å². The molecule has 0 atom stereocenters. The SMILES string of the molecule is Nc1nc(Cl)c(C#CCC=O)cc1[N+](=O)[O-]. The molecule has 1 aromatic rings. The number of hydrogen-bond acceptors (Lipinski definition) is 5. The second-order valence-corrected chi connectivity index (χ2v) is 3.02. The zero-order valence-electron chi connectivity index (χ0n) is 7.94. The van der Waals surface area contributed by atoms with E-state index in [1.54, 1.807) is 0 Å². The van der Waals surface area contributed by atoms with Crippen LogP contribution in [0.4, 0.5) is 11.5 Å². The fraction of sp³-hybridized carbons (Fsp3) is 0.111. The van der Waals surface area contributed by atoms with Crippen LogP contribution < -0.4 is 5.73 Å². The Morgan fingerprint density at radius 1 is 1.69 bits per heavy atom. The van der Waals surface area contributed by atoms with Crippen LogP contribution in [0.25, 0.3) is 0 Å². The number of nitrogen functional groups attached to an aromatic ring is 1. The maximum absolute atomic E-state index is 10.6. The Morgan fingerprint density at radius 2 is 2.38 bits per heavy atom. The van der Waals surface area contributed by atoms with E-state index >= 15 is 0 Å². The molecule has 0 fully saturated rings. The van der Waals surface area contributed by atoms with Crippen molar-refractivity contribution in [1.29, 1.82) is 0 Å². The molecule has 0 amide bonds. The zero-order chi connectivity index (χ0) is 12.1. The van der Waals surface area contributed by atoms with Crippen molar-refractivity contribution in [2.24, 2.45) is 0 Å². The fourth-order valence-electron chi connectivity index (χ4n) is 0.915. The van der Waals surface area contributed by atoms with Gasteiger partial charge >= 0.3 is 5.69 Å². The summed E-state index contributed by atoms with van der Waals surface area (Å²) < 4.78 is 0. The standard InChI is InChI=1S/C9H6ClN3O3/c10-8-6(3-1-2-4-14)5-7(13(15)16)9(11)12-8/h4-5H,2H2,(H2,11,12). The van der Waals surface area contributed by atoms with Gasteiger partial charge in [-0.15, -0.1) is 0 Å². The van der Waals surface area contributed by atoms with Gasteiger partial charge in [-0.1, -0.05) is 23.4 Å². The van der Waals surface area contributed by atoms with E-state index in [2.05, 4.69) is 16.8 Å². The van der Waals surface area contributed by atoms with Gasteiger partial charge in [-0.2, -0.15) is 0 Å². The second kappa shape index (κ2) is 5.09. The molecular weight excluding hydrogens is 234 g/mol. The van der Waals surface area contributed by atoms with E-state index in [1.807, 2.05) is 0 Å². The first-order valence-corrected chi connectivity index (χ1v) is 4.47. The minimum atomic E-state index is -0.677. The second-order valence-electron chi connectivity index (χ2n) is 2.66. The summed E-state index contributed by atoms with van der Waals surface area (Å²) in [4.78, 5) is 23.5. The summed E-state index contributed by atoms with van der Waals surface area (Å²) in [6.07, 6.45) is 0.633. The normalized spacial score (nSPS) is 9.06. The summed E-state index contributed by atoms with van der Waals surface area (Å²) in [5, 5.41) is 10.5. The number of pyridine rings is 1. The number of anilines is 1. The Labute approximate surface area is 95.6 Å². The van der Waals surface area contributed by atoms with Crippen molar-refractivity contribution in [2.75, 3.05) is 5.73 Å². The van der Waals surface area contributed by atoms with Crippen LogP contribution in [-0.4, -0.2) is 16.2 Å². The van der Waals surface area contributed by atoms with Gasteiger partial charge in [-0.05, 0) is 0 Å². The molecular formula is C9H6ClN3O3. The first-order valence-electron chi connectivity index (χ1n) is 4.09. The molecule has 0 saturated carbocycles. The Bertz CT molecular complexity index is 505. The molecule has 0 aromatic carbocycles. The third-order valence-electron chi connectivity index (χ3n) is 1.59. The van der Waals surface area contributed by atoms with Gasteiger partial charge in [0.1, 0.15) is 11.4 Å². The Morgan fingerprint density at radius 3 is 2.94 bits per heavy atom. The van der Waals surface area contributed by atoms with E-state index < -0.39 is 4.92 Å². The predicted octanol–water partition coefficient (Wildman–Crippen LogP) is 1.17. The molecule has 0 radical (unpaired) electrons. The highest BCUT2D eigenvalue weighted by Crippen LogP contribution is 2.24. The molecule has 1 aromatic heterocycles. The minimum absolute atomic E-state index is 0.0223. The molecule has 82 valence electrons. The largest absolute Gasteiger partial charge is 0.378 e. The molecule has 0 aliphatic carbocycles. The number of halogens is 1. The molecule has 0 aliphatic rings. The number of aromatic nitrogens is 1. The Balaban J connectivity index is 3.21. The van der Waals surface area contributed by atoms with E-state index in [1.165, 1.54) is 0 Å². The van der Waals surface area contributed by atoms with Gasteiger partial charge in [-0.25, -0.2) is 4.98 Å². The summed E-state index contributed by atoms with van der Waals surface area (Å²) in [5.41, 5.74) is 5.11. The van der Waals surface area contributed by atoms with Crippen LogP contribution in [0.3, 0.4) is 0 Å². The van der Waals surface area contributed by atoms with Gasteiger partial charge in [0.15, 0.2) is 0 Å². The number of nitro groups is 1. The number of hydrogen-bond donors (Lipinski definition) is 1. The summed E-state index contributed by atoms with van der Waals surface area (Å²) >= 11 is 5.68. The number of rotatable bonds is 2. The maximum atomic E-state index is 10.6. The van der Waals surface area contributed by atoms with Crippen molar-refractivity contribution in [2.45, 2.75) is 6.42 Å². The van der Waals surface area contributed by atoms with Crippen molar-refractivity contribution in [3.8, 4) is 11.8 Å². The van der Waals surface area contributed by atoms with Crippen molar-refractivity contribution in [3.05, 3.63) is 26.9 Å². The Hall–Kier alpha value is -2.13. The topological polar surface area (TPSA) is 99.1 Å². The molecule has 0 unspecified atom stereocenters. The molecule has 0 saturated heterocycles. The molecule has 6 nitrogen and oxygen atoms in total. The maximum Gasteiger partial charge on any atom is 0.312 e. The van der Waals surface area contributed by atoms with Crippen LogP contribution in [0.1, 0.15) is 12.0 Å². The summed E-state index contributed by atoms with van der Waals surface area (Å²) in [7, 11) is 0. The first kappa shape index (κ1) is 11.9. The van der Waals surface area contributed by atoms with Gasteiger partial charge in [0.05, 0.1) is 16.9 Å². The molecule has 16 heavy (non-hydrogen) atoms. The van der Waals surface area contributed by atoms with Crippen molar-refractivity contribution in [3.63, 3.8) is 0 Å². The van der Waals surface area contributed by atoms with Crippen molar-refractivity contribution < 1.29 is 9.72 Å². The number of aldehydes is 1. The fourth-order valence-corrected chi connectivity index (χ4v) is 1.11. The minimum Gasteiger partial charge on any atom is -0.378 e. The summed E-state index contributed by atoms with van der Waals surface area (Å²) in [6.45, 7) is 0. The van der Waals surface area contributed by atoms with Crippen LogP contribution in [0, 0.1) is 22.0 Å². The number of carbonyl (C=O) groups excluding carboxylic acids is 1. The molecule has 0 spiro atoms. The van der Waals surface area contributed by atoms with Gasteiger partial charge in [-0.3, -0.25) is 10.1 Å². The molecule has 1 rings (SSSR count). The number of carbonyl (C=O) groups is 1. The lowest BCUT2D eigenvalue weighted by atomic mass is 10.2. The van der Waals surface area contributed by atoms with E-state index in [4.69, 9.17) is 17.3 Å².